The second-order valence-corrected chi connectivity index (χ2v) is 4.01. The number of rotatable bonds is 3. The van der Waals surface area contributed by atoms with E-state index in [0.717, 1.165) is 0 Å². The summed E-state index contributed by atoms with van der Waals surface area (Å²) in [4.78, 5) is 15.9. The van der Waals surface area contributed by atoms with Crippen LogP contribution in [0.4, 0.5) is 5.69 Å². The molecule has 0 unspecified atom stereocenters. The van der Waals surface area contributed by atoms with E-state index in [9.17, 15) is 4.79 Å². The van der Waals surface area contributed by atoms with E-state index in [1.807, 2.05) is 0 Å². The van der Waals surface area contributed by atoms with Crippen LogP contribution in [0.15, 0.2) is 42.7 Å². The predicted molar refractivity (Wildman–Crippen MR) is 70.2 cm³/mol. The highest BCUT2D eigenvalue weighted by molar-refractivity contribution is 6.30. The minimum Gasteiger partial charge on any atom is -0.495 e. The molecule has 5 heteroatoms. The molecule has 0 atom stereocenters. The molecule has 0 radical (unpaired) electrons. The highest BCUT2D eigenvalue weighted by atomic mass is 35.5. The van der Waals surface area contributed by atoms with Gasteiger partial charge < -0.3 is 10.1 Å². The molecular formula is C13H11ClN2O2. The molecule has 0 saturated heterocycles. The van der Waals surface area contributed by atoms with E-state index in [4.69, 9.17) is 16.3 Å². The lowest BCUT2D eigenvalue weighted by Gasteiger charge is -2.06. The van der Waals surface area contributed by atoms with Crippen LogP contribution in [0, 0.1) is 0 Å². The second kappa shape index (κ2) is 5.51. The Morgan fingerprint density at radius 1 is 1.28 bits per heavy atom. The summed E-state index contributed by atoms with van der Waals surface area (Å²) in [6.45, 7) is 0. The summed E-state index contributed by atoms with van der Waals surface area (Å²) in [5.41, 5.74) is 1.11. The van der Waals surface area contributed by atoms with Gasteiger partial charge in [0.1, 0.15) is 5.75 Å². The number of nitrogens with one attached hydrogen (secondary N) is 1. The first-order chi connectivity index (χ1) is 8.69. The van der Waals surface area contributed by atoms with Gasteiger partial charge in [0, 0.05) is 16.9 Å². The fourth-order valence-corrected chi connectivity index (χ4v) is 1.52. The molecule has 0 fully saturated rings. The Morgan fingerprint density at radius 2 is 2.00 bits per heavy atom. The molecule has 2 rings (SSSR count). The van der Waals surface area contributed by atoms with Crippen molar-refractivity contribution in [3.8, 4) is 5.75 Å². The number of anilines is 1. The van der Waals surface area contributed by atoms with E-state index in [2.05, 4.69) is 10.3 Å². The smallest absolute Gasteiger partial charge is 0.257 e. The van der Waals surface area contributed by atoms with Crippen LogP contribution >= 0.6 is 11.6 Å². The number of nitrogens with zero attached hydrogens (tertiary/aromatic N) is 1. The van der Waals surface area contributed by atoms with E-state index in [0.29, 0.717) is 22.0 Å². The van der Waals surface area contributed by atoms with Crippen molar-refractivity contribution in [3.05, 3.63) is 53.3 Å². The first-order valence-electron chi connectivity index (χ1n) is 5.25. The van der Waals surface area contributed by atoms with E-state index < -0.39 is 0 Å². The number of methoxy groups -OCH3 is 1. The minimum absolute atomic E-state index is 0.247. The van der Waals surface area contributed by atoms with Gasteiger partial charge in [0.15, 0.2) is 0 Å². The molecule has 0 spiro atoms. The predicted octanol–water partition coefficient (Wildman–Crippen LogP) is 3.00. The second-order valence-electron chi connectivity index (χ2n) is 3.57. The third kappa shape index (κ3) is 2.99. The van der Waals surface area contributed by atoms with Crippen LogP contribution in [0.25, 0.3) is 0 Å². The van der Waals surface area contributed by atoms with Crippen molar-refractivity contribution in [2.24, 2.45) is 0 Å². The molecule has 0 bridgehead atoms. The number of pyridine rings is 1. The standard InChI is InChI=1S/C13H11ClN2O2/c1-18-12-6-9(7-15-8-12)13(17)16-11-4-2-10(14)3-5-11/h2-8H,1H3,(H,16,17). The molecular weight excluding hydrogens is 252 g/mol. The van der Waals surface area contributed by atoms with Gasteiger partial charge in [0.05, 0.1) is 18.9 Å². The zero-order chi connectivity index (χ0) is 13.0. The van der Waals surface area contributed by atoms with Crippen molar-refractivity contribution in [2.75, 3.05) is 12.4 Å². The lowest BCUT2D eigenvalue weighted by molar-refractivity contribution is 0.102. The lowest BCUT2D eigenvalue weighted by Crippen LogP contribution is -2.12. The molecule has 18 heavy (non-hydrogen) atoms. The maximum Gasteiger partial charge on any atom is 0.257 e. The van der Waals surface area contributed by atoms with E-state index in [1.165, 1.54) is 13.3 Å². The Morgan fingerprint density at radius 3 is 2.67 bits per heavy atom. The molecule has 1 N–H and O–H groups in total. The SMILES string of the molecule is COc1cncc(C(=O)Nc2ccc(Cl)cc2)c1. The third-order valence-electron chi connectivity index (χ3n) is 2.31. The number of carbonyl (C=O) groups is 1. The van der Waals surface area contributed by atoms with Crippen molar-refractivity contribution in [1.29, 1.82) is 0 Å². The molecule has 0 saturated carbocycles. The number of amides is 1. The van der Waals surface area contributed by atoms with E-state index in [1.54, 1.807) is 36.5 Å². The Balaban J connectivity index is 2.14. The van der Waals surface area contributed by atoms with E-state index >= 15 is 0 Å². The molecule has 0 aliphatic heterocycles. The summed E-state index contributed by atoms with van der Waals surface area (Å²) in [5.74, 6) is 0.294. The van der Waals surface area contributed by atoms with Crippen LogP contribution in [0.1, 0.15) is 10.4 Å². The average Bonchev–Trinajstić information content (AvgIpc) is 2.41. The van der Waals surface area contributed by atoms with Crippen molar-refractivity contribution < 1.29 is 9.53 Å². The molecule has 1 heterocycles. The van der Waals surface area contributed by atoms with Gasteiger partial charge in [0.2, 0.25) is 0 Å². The fourth-order valence-electron chi connectivity index (χ4n) is 1.39. The Kier molecular flexibility index (Phi) is 3.79. The Hall–Kier alpha value is -2.07. The summed E-state index contributed by atoms with van der Waals surface area (Å²) >= 11 is 5.77. The van der Waals surface area contributed by atoms with Crippen molar-refractivity contribution in [1.82, 2.24) is 4.98 Å². The van der Waals surface area contributed by atoms with Gasteiger partial charge in [-0.2, -0.15) is 0 Å². The maximum atomic E-state index is 11.9. The number of aromatic nitrogens is 1. The molecule has 0 aliphatic carbocycles. The summed E-state index contributed by atoms with van der Waals surface area (Å²) in [6, 6.07) is 8.50. The number of hydrogen-bond acceptors (Lipinski definition) is 3. The molecule has 0 aliphatic rings. The first kappa shape index (κ1) is 12.4. The summed E-state index contributed by atoms with van der Waals surface area (Å²) in [7, 11) is 1.53. The van der Waals surface area contributed by atoms with Gasteiger partial charge in [-0.15, -0.1) is 0 Å². The zero-order valence-electron chi connectivity index (χ0n) is 9.68. The molecule has 1 amide bonds. The summed E-state index contributed by atoms with van der Waals surface area (Å²) in [5, 5.41) is 3.36. The van der Waals surface area contributed by atoms with Gasteiger partial charge in [-0.05, 0) is 30.3 Å². The maximum absolute atomic E-state index is 11.9. The normalized spacial score (nSPS) is 9.89. The zero-order valence-corrected chi connectivity index (χ0v) is 10.4. The minimum atomic E-state index is -0.247. The van der Waals surface area contributed by atoms with Gasteiger partial charge in [-0.1, -0.05) is 11.6 Å². The van der Waals surface area contributed by atoms with Crippen molar-refractivity contribution >= 4 is 23.2 Å². The fraction of sp³-hybridized carbons (Fsp3) is 0.0769. The highest BCUT2D eigenvalue weighted by Gasteiger charge is 2.07. The summed E-state index contributed by atoms with van der Waals surface area (Å²) < 4.78 is 5.01. The van der Waals surface area contributed by atoms with Crippen LogP contribution in [0.5, 0.6) is 5.75 Å². The molecule has 1 aromatic carbocycles. The number of ether oxygens (including phenoxy) is 1. The van der Waals surface area contributed by atoms with Crippen LogP contribution in [0.2, 0.25) is 5.02 Å². The van der Waals surface area contributed by atoms with E-state index in [-0.39, 0.29) is 5.91 Å². The molecule has 92 valence electrons. The van der Waals surface area contributed by atoms with Gasteiger partial charge in [-0.3, -0.25) is 9.78 Å². The quantitative estimate of drug-likeness (QED) is 0.925. The van der Waals surface area contributed by atoms with Crippen LogP contribution in [0.3, 0.4) is 0 Å². The topological polar surface area (TPSA) is 51.2 Å². The van der Waals surface area contributed by atoms with Crippen LogP contribution in [-0.2, 0) is 0 Å². The Labute approximate surface area is 110 Å². The van der Waals surface area contributed by atoms with Gasteiger partial charge in [0.25, 0.3) is 5.91 Å². The number of hydrogen-bond donors (Lipinski definition) is 1. The van der Waals surface area contributed by atoms with Crippen molar-refractivity contribution in [3.63, 3.8) is 0 Å². The highest BCUT2D eigenvalue weighted by Crippen LogP contribution is 2.15. The average molecular weight is 263 g/mol. The third-order valence-corrected chi connectivity index (χ3v) is 2.57. The number of benzene rings is 1. The number of halogens is 1. The molecule has 1 aromatic heterocycles. The molecule has 4 nitrogen and oxygen atoms in total. The molecule has 2 aromatic rings. The van der Waals surface area contributed by atoms with Crippen LogP contribution in [-0.4, -0.2) is 18.0 Å². The lowest BCUT2D eigenvalue weighted by atomic mass is 10.2. The largest absolute Gasteiger partial charge is 0.495 e. The monoisotopic (exact) mass is 262 g/mol. The summed E-state index contributed by atoms with van der Waals surface area (Å²) in [6.07, 6.45) is 3.02. The first-order valence-corrected chi connectivity index (χ1v) is 5.63. The Bertz CT molecular complexity index is 555. The number of carbonyl (C=O) groups excluding carboxylic acids is 1. The van der Waals surface area contributed by atoms with Crippen molar-refractivity contribution in [2.45, 2.75) is 0 Å². The van der Waals surface area contributed by atoms with Gasteiger partial charge in [-0.25, -0.2) is 0 Å². The van der Waals surface area contributed by atoms with Gasteiger partial charge >= 0.3 is 0 Å². The van der Waals surface area contributed by atoms with Crippen LogP contribution < -0.4 is 10.1 Å².